The van der Waals surface area contributed by atoms with Gasteiger partial charge in [-0.15, -0.1) is 0 Å². The van der Waals surface area contributed by atoms with Crippen LogP contribution in [-0.2, 0) is 0 Å². The van der Waals surface area contributed by atoms with Crippen molar-refractivity contribution in [3.63, 3.8) is 0 Å². The quantitative estimate of drug-likeness (QED) is 0.536. The summed E-state index contributed by atoms with van der Waals surface area (Å²) < 4.78 is 11.5. The summed E-state index contributed by atoms with van der Waals surface area (Å²) in [7, 11) is 0. The van der Waals surface area contributed by atoms with Gasteiger partial charge in [0.2, 0.25) is 0 Å². The van der Waals surface area contributed by atoms with Crippen LogP contribution in [-0.4, -0.2) is 19.3 Å². The maximum atomic E-state index is 11.5. The number of halogens is 1. The van der Waals surface area contributed by atoms with Crippen molar-refractivity contribution in [2.24, 2.45) is 11.5 Å². The van der Waals surface area contributed by atoms with Gasteiger partial charge in [0.1, 0.15) is 0 Å². The Morgan fingerprint density at radius 1 is 1.56 bits per heavy atom. The summed E-state index contributed by atoms with van der Waals surface area (Å²) in [5.41, 5.74) is 10.5. The third kappa shape index (κ3) is 5.46. The number of alkyl halides is 1. The Labute approximate surface area is 54.7 Å². The first-order chi connectivity index (χ1) is 4.31. The second-order valence-electron chi connectivity index (χ2n) is 1.81. The summed E-state index contributed by atoms with van der Waals surface area (Å²) in [6.45, 7) is 0.107. The lowest BCUT2D eigenvalue weighted by Gasteiger charge is -1.99. The van der Waals surface area contributed by atoms with Crippen LogP contribution in [0.4, 0.5) is 4.39 Å². The van der Waals surface area contributed by atoms with Gasteiger partial charge in [-0.3, -0.25) is 4.39 Å². The molecule has 0 spiro atoms. The highest BCUT2D eigenvalue weighted by molar-refractivity contribution is 4.91. The predicted molar refractivity (Wildman–Crippen MR) is 36.8 cm³/mol. The molecule has 3 heteroatoms. The molecule has 0 aromatic heterocycles. The standard InChI is InChI=1S/C6H13FN2/c7-4-3-6(9)2-1-5-8/h1-2,6H,3-5,8-9H2/b2-1+. The molecule has 54 valence electrons. The first kappa shape index (κ1) is 8.59. The third-order valence-corrected chi connectivity index (χ3v) is 0.962. The summed E-state index contributed by atoms with van der Waals surface area (Å²) in [5, 5.41) is 0. The van der Waals surface area contributed by atoms with Gasteiger partial charge < -0.3 is 11.5 Å². The van der Waals surface area contributed by atoms with Crippen LogP contribution >= 0.6 is 0 Å². The van der Waals surface area contributed by atoms with E-state index in [-0.39, 0.29) is 12.7 Å². The molecule has 1 unspecified atom stereocenters. The Bertz CT molecular complexity index is 83.1. The smallest absolute Gasteiger partial charge is 0.0912 e. The predicted octanol–water partition coefficient (Wildman–Crippen LogP) is 0.188. The van der Waals surface area contributed by atoms with Gasteiger partial charge in [0, 0.05) is 12.6 Å². The van der Waals surface area contributed by atoms with E-state index in [4.69, 9.17) is 11.5 Å². The van der Waals surface area contributed by atoms with E-state index in [0.717, 1.165) is 0 Å². The topological polar surface area (TPSA) is 52.0 Å². The van der Waals surface area contributed by atoms with Crippen LogP contribution in [0.5, 0.6) is 0 Å². The van der Waals surface area contributed by atoms with Crippen LogP contribution in [0, 0.1) is 0 Å². The Morgan fingerprint density at radius 3 is 2.67 bits per heavy atom. The highest BCUT2D eigenvalue weighted by atomic mass is 19.1. The lowest BCUT2D eigenvalue weighted by molar-refractivity contribution is 0.458. The number of hydrogen-bond donors (Lipinski definition) is 2. The normalized spacial score (nSPS) is 14.6. The molecular formula is C6H13FN2. The highest BCUT2D eigenvalue weighted by Crippen LogP contribution is 1.89. The van der Waals surface area contributed by atoms with Crippen LogP contribution in [0.25, 0.3) is 0 Å². The van der Waals surface area contributed by atoms with Crippen LogP contribution in [0.3, 0.4) is 0 Å². The molecular weight excluding hydrogens is 119 g/mol. The molecule has 1 atom stereocenters. The fourth-order valence-electron chi connectivity index (χ4n) is 0.476. The molecule has 0 aliphatic carbocycles. The maximum Gasteiger partial charge on any atom is 0.0912 e. The molecule has 0 amide bonds. The lowest BCUT2D eigenvalue weighted by atomic mass is 10.2. The molecule has 0 rings (SSSR count). The summed E-state index contributed by atoms with van der Waals surface area (Å²) in [6.07, 6.45) is 3.84. The molecule has 0 heterocycles. The van der Waals surface area contributed by atoms with Gasteiger partial charge >= 0.3 is 0 Å². The molecule has 0 saturated carbocycles. The second kappa shape index (κ2) is 5.72. The fourth-order valence-corrected chi connectivity index (χ4v) is 0.476. The zero-order chi connectivity index (χ0) is 7.11. The van der Waals surface area contributed by atoms with Crippen LogP contribution in [0.2, 0.25) is 0 Å². The zero-order valence-corrected chi connectivity index (χ0v) is 5.39. The van der Waals surface area contributed by atoms with Crippen LogP contribution < -0.4 is 11.5 Å². The average molecular weight is 132 g/mol. The maximum absolute atomic E-state index is 11.5. The number of hydrogen-bond acceptors (Lipinski definition) is 2. The van der Waals surface area contributed by atoms with Crippen molar-refractivity contribution in [1.29, 1.82) is 0 Å². The van der Waals surface area contributed by atoms with Crippen molar-refractivity contribution < 1.29 is 4.39 Å². The molecule has 0 bridgehead atoms. The highest BCUT2D eigenvalue weighted by Gasteiger charge is 1.93. The van der Waals surface area contributed by atoms with Gasteiger partial charge in [-0.1, -0.05) is 12.2 Å². The zero-order valence-electron chi connectivity index (χ0n) is 5.39. The third-order valence-electron chi connectivity index (χ3n) is 0.962. The van der Waals surface area contributed by atoms with Crippen molar-refractivity contribution >= 4 is 0 Å². The molecule has 0 aliphatic heterocycles. The minimum atomic E-state index is -0.365. The van der Waals surface area contributed by atoms with E-state index < -0.39 is 0 Å². The Morgan fingerprint density at radius 2 is 2.22 bits per heavy atom. The van der Waals surface area contributed by atoms with E-state index >= 15 is 0 Å². The molecule has 0 fully saturated rings. The van der Waals surface area contributed by atoms with E-state index in [1.165, 1.54) is 0 Å². The largest absolute Gasteiger partial charge is 0.327 e. The van der Waals surface area contributed by atoms with Gasteiger partial charge in [-0.05, 0) is 6.42 Å². The minimum absolute atomic E-state index is 0.168. The molecule has 0 aromatic rings. The first-order valence-electron chi connectivity index (χ1n) is 2.99. The van der Waals surface area contributed by atoms with Gasteiger partial charge in [-0.2, -0.15) is 0 Å². The molecule has 9 heavy (non-hydrogen) atoms. The van der Waals surface area contributed by atoms with E-state index in [2.05, 4.69) is 0 Å². The second-order valence-corrected chi connectivity index (χ2v) is 1.81. The van der Waals surface area contributed by atoms with Gasteiger partial charge in [0.15, 0.2) is 0 Å². The summed E-state index contributed by atoms with van der Waals surface area (Å²) in [5.74, 6) is 0. The molecule has 0 aromatic carbocycles. The van der Waals surface area contributed by atoms with Gasteiger partial charge in [-0.25, -0.2) is 0 Å². The van der Waals surface area contributed by atoms with Crippen molar-refractivity contribution in [3.8, 4) is 0 Å². The Kier molecular flexibility index (Phi) is 5.46. The van der Waals surface area contributed by atoms with Crippen molar-refractivity contribution in [2.45, 2.75) is 12.5 Å². The van der Waals surface area contributed by atoms with Gasteiger partial charge in [0.25, 0.3) is 0 Å². The number of rotatable bonds is 4. The Hall–Kier alpha value is -0.410. The number of nitrogens with two attached hydrogens (primary N) is 2. The van der Waals surface area contributed by atoms with Gasteiger partial charge in [0.05, 0.1) is 6.67 Å². The fraction of sp³-hybridized carbons (Fsp3) is 0.667. The monoisotopic (exact) mass is 132 g/mol. The Balaban J connectivity index is 3.25. The van der Waals surface area contributed by atoms with E-state index in [1.807, 2.05) is 0 Å². The van der Waals surface area contributed by atoms with Crippen molar-refractivity contribution in [1.82, 2.24) is 0 Å². The lowest BCUT2D eigenvalue weighted by Crippen LogP contribution is -2.17. The SMILES string of the molecule is NC/C=C/C(N)CCF. The van der Waals surface area contributed by atoms with Crippen molar-refractivity contribution in [3.05, 3.63) is 12.2 Å². The summed E-state index contributed by atoms with van der Waals surface area (Å²) in [4.78, 5) is 0. The van der Waals surface area contributed by atoms with E-state index in [1.54, 1.807) is 12.2 Å². The minimum Gasteiger partial charge on any atom is -0.327 e. The molecule has 4 N–H and O–H groups in total. The van der Waals surface area contributed by atoms with Crippen molar-refractivity contribution in [2.75, 3.05) is 13.2 Å². The van der Waals surface area contributed by atoms with Crippen LogP contribution in [0.15, 0.2) is 12.2 Å². The van der Waals surface area contributed by atoms with E-state index in [9.17, 15) is 4.39 Å². The van der Waals surface area contributed by atoms with E-state index in [0.29, 0.717) is 13.0 Å². The molecule has 2 nitrogen and oxygen atoms in total. The summed E-state index contributed by atoms with van der Waals surface area (Å²) in [6, 6.07) is -0.168. The van der Waals surface area contributed by atoms with Crippen LogP contribution in [0.1, 0.15) is 6.42 Å². The molecule has 0 aliphatic rings. The average Bonchev–Trinajstić information content (AvgIpc) is 1.85. The molecule has 0 radical (unpaired) electrons. The first-order valence-corrected chi connectivity index (χ1v) is 2.99. The molecule has 0 saturated heterocycles. The summed E-state index contributed by atoms with van der Waals surface area (Å²) >= 11 is 0.